The molecular formula is C10H21NO2. The quantitative estimate of drug-likeness (QED) is 0.665. The van der Waals surface area contributed by atoms with E-state index < -0.39 is 0 Å². The lowest BCUT2D eigenvalue weighted by atomic mass is 9.95. The highest BCUT2D eigenvalue weighted by Crippen LogP contribution is 2.20. The third-order valence-electron chi connectivity index (χ3n) is 2.56. The Hall–Kier alpha value is -0.120. The van der Waals surface area contributed by atoms with Gasteiger partial charge in [-0.2, -0.15) is 0 Å². The maximum Gasteiger partial charge on any atom is 0.0900 e. The van der Waals surface area contributed by atoms with Crippen molar-refractivity contribution in [1.29, 1.82) is 0 Å². The number of aliphatic hydroxyl groups excluding tert-OH is 1. The molecule has 0 spiro atoms. The summed E-state index contributed by atoms with van der Waals surface area (Å²) in [5.74, 6) is 0.875. The predicted octanol–water partition coefficient (Wildman–Crippen LogP) is 0.726. The van der Waals surface area contributed by atoms with Gasteiger partial charge in [0.25, 0.3) is 0 Å². The predicted molar refractivity (Wildman–Crippen MR) is 52.7 cm³/mol. The molecule has 3 heteroatoms. The van der Waals surface area contributed by atoms with Gasteiger partial charge in [0.2, 0.25) is 0 Å². The van der Waals surface area contributed by atoms with Crippen LogP contribution in [0, 0.1) is 5.92 Å². The molecular weight excluding hydrogens is 166 g/mol. The maximum absolute atomic E-state index is 9.43. The number of likely N-dealkylation sites (tertiary alicyclic amines) is 1. The van der Waals surface area contributed by atoms with Gasteiger partial charge in [0.05, 0.1) is 12.7 Å². The van der Waals surface area contributed by atoms with Crippen LogP contribution in [-0.4, -0.2) is 49.5 Å². The number of hydrogen-bond acceptors (Lipinski definition) is 3. The van der Waals surface area contributed by atoms with Crippen molar-refractivity contribution in [3.8, 4) is 0 Å². The fourth-order valence-electron chi connectivity index (χ4n) is 1.96. The number of β-amino-alcohol motifs (C(OH)–C–C–N with tert-alkyl or cyclic N) is 1. The number of rotatable bonds is 6. The summed E-state index contributed by atoms with van der Waals surface area (Å²) in [5.41, 5.74) is 0. The van der Waals surface area contributed by atoms with Crippen molar-refractivity contribution in [3.63, 3.8) is 0 Å². The average molecular weight is 187 g/mol. The van der Waals surface area contributed by atoms with E-state index >= 15 is 0 Å². The first-order valence-electron chi connectivity index (χ1n) is 5.15. The highest BCUT2D eigenvalue weighted by atomic mass is 16.5. The first kappa shape index (κ1) is 11.0. The second kappa shape index (κ2) is 5.58. The molecule has 0 aromatic heterocycles. The lowest BCUT2D eigenvalue weighted by Gasteiger charge is -2.40. The van der Waals surface area contributed by atoms with Crippen LogP contribution in [0.5, 0.6) is 0 Å². The van der Waals surface area contributed by atoms with Crippen molar-refractivity contribution in [2.75, 3.05) is 33.4 Å². The summed E-state index contributed by atoms with van der Waals surface area (Å²) in [6.45, 7) is 5.77. The molecule has 1 saturated heterocycles. The van der Waals surface area contributed by atoms with Gasteiger partial charge in [-0.25, -0.2) is 0 Å². The summed E-state index contributed by atoms with van der Waals surface area (Å²) < 4.78 is 4.87. The minimum Gasteiger partial charge on any atom is -0.389 e. The van der Waals surface area contributed by atoms with E-state index in [4.69, 9.17) is 4.74 Å². The molecule has 13 heavy (non-hydrogen) atoms. The topological polar surface area (TPSA) is 32.7 Å². The number of nitrogens with zero attached hydrogens (tertiary/aromatic N) is 1. The zero-order chi connectivity index (χ0) is 9.68. The number of methoxy groups -OCH3 is 1. The van der Waals surface area contributed by atoms with Crippen molar-refractivity contribution in [2.24, 2.45) is 5.92 Å². The minimum absolute atomic E-state index is 0.312. The van der Waals surface area contributed by atoms with Gasteiger partial charge >= 0.3 is 0 Å². The Morgan fingerprint density at radius 1 is 1.54 bits per heavy atom. The lowest BCUT2D eigenvalue weighted by Crippen LogP contribution is -2.50. The van der Waals surface area contributed by atoms with Crippen LogP contribution in [-0.2, 0) is 4.74 Å². The largest absolute Gasteiger partial charge is 0.389 e. The Balaban J connectivity index is 2.00. The van der Waals surface area contributed by atoms with Crippen molar-refractivity contribution < 1.29 is 9.84 Å². The Bertz CT molecular complexity index is 135. The fourth-order valence-corrected chi connectivity index (χ4v) is 1.96. The second-order valence-electron chi connectivity index (χ2n) is 3.98. The molecule has 1 heterocycles. The minimum atomic E-state index is -0.312. The molecule has 0 aliphatic carbocycles. The smallest absolute Gasteiger partial charge is 0.0900 e. The molecule has 1 fully saturated rings. The zero-order valence-electron chi connectivity index (χ0n) is 8.70. The van der Waals surface area contributed by atoms with Gasteiger partial charge in [-0.1, -0.05) is 13.3 Å². The Morgan fingerprint density at radius 3 is 2.77 bits per heavy atom. The second-order valence-corrected chi connectivity index (χ2v) is 3.98. The molecule has 0 radical (unpaired) electrons. The summed E-state index contributed by atoms with van der Waals surface area (Å²) in [7, 11) is 1.62. The summed E-state index contributed by atoms with van der Waals surface area (Å²) in [5, 5.41) is 9.43. The van der Waals surface area contributed by atoms with Crippen molar-refractivity contribution in [2.45, 2.75) is 25.9 Å². The SMILES string of the molecule is CCCC1CN(CC(O)COC)C1. The molecule has 0 aromatic carbocycles. The summed E-state index contributed by atoms with van der Waals surface area (Å²) in [6, 6.07) is 0. The molecule has 1 unspecified atom stereocenters. The van der Waals surface area contributed by atoms with E-state index in [0.29, 0.717) is 6.61 Å². The monoisotopic (exact) mass is 187 g/mol. The molecule has 78 valence electrons. The van der Waals surface area contributed by atoms with Crippen molar-refractivity contribution in [1.82, 2.24) is 4.90 Å². The van der Waals surface area contributed by atoms with Crippen LogP contribution in [0.4, 0.5) is 0 Å². The van der Waals surface area contributed by atoms with Crippen LogP contribution >= 0.6 is 0 Å². The van der Waals surface area contributed by atoms with Crippen LogP contribution in [0.3, 0.4) is 0 Å². The van der Waals surface area contributed by atoms with E-state index in [0.717, 1.165) is 25.6 Å². The van der Waals surface area contributed by atoms with Crippen molar-refractivity contribution >= 4 is 0 Å². The Kier molecular flexibility index (Phi) is 4.70. The average Bonchev–Trinajstić information content (AvgIpc) is 2.01. The van der Waals surface area contributed by atoms with Gasteiger partial charge in [-0.15, -0.1) is 0 Å². The lowest BCUT2D eigenvalue weighted by molar-refractivity contribution is 0.00142. The van der Waals surface area contributed by atoms with Crippen LogP contribution in [0.15, 0.2) is 0 Å². The van der Waals surface area contributed by atoms with Gasteiger partial charge in [0.1, 0.15) is 0 Å². The van der Waals surface area contributed by atoms with Crippen LogP contribution < -0.4 is 0 Å². The molecule has 0 aromatic rings. The van der Waals surface area contributed by atoms with Crippen LogP contribution in [0.1, 0.15) is 19.8 Å². The van der Waals surface area contributed by atoms with E-state index in [9.17, 15) is 5.11 Å². The van der Waals surface area contributed by atoms with E-state index in [2.05, 4.69) is 11.8 Å². The van der Waals surface area contributed by atoms with Gasteiger partial charge in [0.15, 0.2) is 0 Å². The van der Waals surface area contributed by atoms with E-state index in [1.807, 2.05) is 0 Å². The summed E-state index contributed by atoms with van der Waals surface area (Å²) in [6.07, 6.45) is 2.29. The molecule has 0 saturated carbocycles. The Morgan fingerprint density at radius 2 is 2.23 bits per heavy atom. The molecule has 1 N–H and O–H groups in total. The number of ether oxygens (including phenoxy) is 1. The summed E-state index contributed by atoms with van der Waals surface area (Å²) >= 11 is 0. The fraction of sp³-hybridized carbons (Fsp3) is 1.00. The Labute approximate surface area is 80.7 Å². The van der Waals surface area contributed by atoms with Gasteiger partial charge < -0.3 is 14.7 Å². The van der Waals surface area contributed by atoms with Crippen LogP contribution in [0.25, 0.3) is 0 Å². The maximum atomic E-state index is 9.43. The zero-order valence-corrected chi connectivity index (χ0v) is 8.70. The first-order valence-corrected chi connectivity index (χ1v) is 5.15. The molecule has 1 rings (SSSR count). The van der Waals surface area contributed by atoms with E-state index in [1.165, 1.54) is 12.8 Å². The molecule has 0 bridgehead atoms. The normalized spacial score (nSPS) is 21.5. The molecule has 0 amide bonds. The highest BCUT2D eigenvalue weighted by Gasteiger charge is 2.26. The first-order chi connectivity index (χ1) is 6.26. The third kappa shape index (κ3) is 3.63. The molecule has 1 aliphatic rings. The number of hydrogen-bond donors (Lipinski definition) is 1. The van der Waals surface area contributed by atoms with E-state index in [-0.39, 0.29) is 6.10 Å². The molecule has 3 nitrogen and oxygen atoms in total. The van der Waals surface area contributed by atoms with Gasteiger partial charge in [0, 0.05) is 26.7 Å². The standard InChI is InChI=1S/C10H21NO2/c1-3-4-9-5-11(6-9)7-10(12)8-13-2/h9-10,12H,3-8H2,1-2H3. The molecule has 1 atom stereocenters. The van der Waals surface area contributed by atoms with Crippen molar-refractivity contribution in [3.05, 3.63) is 0 Å². The number of aliphatic hydroxyl groups is 1. The van der Waals surface area contributed by atoms with Gasteiger partial charge in [-0.05, 0) is 12.3 Å². The summed E-state index contributed by atoms with van der Waals surface area (Å²) in [4.78, 5) is 2.30. The third-order valence-corrected chi connectivity index (χ3v) is 2.56. The molecule has 1 aliphatic heterocycles. The van der Waals surface area contributed by atoms with E-state index in [1.54, 1.807) is 7.11 Å². The highest BCUT2D eigenvalue weighted by molar-refractivity contribution is 4.80. The van der Waals surface area contributed by atoms with Gasteiger partial charge in [-0.3, -0.25) is 0 Å². The van der Waals surface area contributed by atoms with Crippen LogP contribution in [0.2, 0.25) is 0 Å².